The van der Waals surface area contributed by atoms with Crippen LogP contribution < -0.4 is 0 Å². The number of phenols is 1. The molecule has 4 heteroatoms. The van der Waals surface area contributed by atoms with E-state index in [1.807, 2.05) is 6.20 Å². The molecule has 8 aromatic rings. The Morgan fingerprint density at radius 1 is 0.500 bits per heavy atom. The SMILES string of the molecule is CC(C)(C)c1cc(-c2cc(-c3ccccc3)ccn2)cc(-c2cccc3c2nc(-c2cc(C(C)(C)C)cc(C(C)(C)C)c2O)n3-c2cc3c(cc2-c2ccccc2)C2(C)CCC3(C)CC2)c1. The van der Waals surface area contributed by atoms with Gasteiger partial charge >= 0.3 is 0 Å². The lowest BCUT2D eigenvalue weighted by molar-refractivity contribution is 0.188. The Morgan fingerprint density at radius 3 is 1.71 bits per heavy atom. The van der Waals surface area contributed by atoms with E-state index in [9.17, 15) is 5.11 Å². The Labute approximate surface area is 392 Å². The standard InChI is InChI=1S/C62H65N3O/c1-58(2,3)44-32-42(31-43(33-44)52-34-41(25-30-63-52)39-19-14-12-15-20-39)46-23-18-24-53-55(46)64-57(48-35-45(59(4,5)6)36-51(56(48)66)60(7,8)9)65(53)54-38-50-49(37-47(54)40-21-16-13-17-22-40)61(10)26-28-62(50,11)29-27-61/h12-25,30-38,66H,26-29H2,1-11H3. The molecule has 0 spiro atoms. The molecule has 334 valence electrons. The maximum absolute atomic E-state index is 12.7. The highest BCUT2D eigenvalue weighted by atomic mass is 16.3. The molecule has 0 radical (unpaired) electrons. The number of para-hydroxylation sites is 1. The molecule has 2 heterocycles. The van der Waals surface area contributed by atoms with Crippen LogP contribution in [-0.4, -0.2) is 19.6 Å². The highest BCUT2D eigenvalue weighted by Gasteiger charge is 2.48. The Bertz CT molecular complexity index is 3160. The van der Waals surface area contributed by atoms with E-state index in [-0.39, 0.29) is 32.8 Å². The van der Waals surface area contributed by atoms with Gasteiger partial charge in [-0.3, -0.25) is 9.55 Å². The third-order valence-corrected chi connectivity index (χ3v) is 15.2. The summed E-state index contributed by atoms with van der Waals surface area (Å²) in [6, 6.07) is 48.8. The number of hydrogen-bond acceptors (Lipinski definition) is 3. The number of aromatic hydroxyl groups is 1. The van der Waals surface area contributed by atoms with E-state index in [4.69, 9.17) is 9.97 Å². The minimum atomic E-state index is -0.317. The number of hydrogen-bond donors (Lipinski definition) is 1. The van der Waals surface area contributed by atoms with E-state index >= 15 is 0 Å². The first-order valence-electron chi connectivity index (χ1n) is 24.0. The van der Waals surface area contributed by atoms with Gasteiger partial charge < -0.3 is 5.11 Å². The maximum atomic E-state index is 12.7. The largest absolute Gasteiger partial charge is 0.507 e. The summed E-state index contributed by atoms with van der Waals surface area (Å²) in [4.78, 5) is 10.8. The second-order valence-corrected chi connectivity index (χ2v) is 23.1. The molecule has 3 aliphatic rings. The molecular formula is C62H65N3O. The molecule has 3 aliphatic carbocycles. The predicted octanol–water partition coefficient (Wildman–Crippen LogP) is 16.5. The van der Waals surface area contributed by atoms with Crippen LogP contribution in [0.5, 0.6) is 5.75 Å². The second-order valence-electron chi connectivity index (χ2n) is 23.1. The molecule has 0 aliphatic heterocycles. The zero-order valence-corrected chi connectivity index (χ0v) is 40.9. The molecule has 0 unspecified atom stereocenters. The number of nitrogens with zero attached hydrogens (tertiary/aromatic N) is 3. The normalized spacial score (nSPS) is 18.5. The summed E-state index contributed by atoms with van der Waals surface area (Å²) < 4.78 is 2.39. The Kier molecular flexibility index (Phi) is 10.2. The van der Waals surface area contributed by atoms with Crippen molar-refractivity contribution in [2.24, 2.45) is 0 Å². The van der Waals surface area contributed by atoms with E-state index in [2.05, 4.69) is 214 Å². The van der Waals surface area contributed by atoms with Gasteiger partial charge in [-0.1, -0.05) is 161 Å². The zero-order chi connectivity index (χ0) is 46.6. The van der Waals surface area contributed by atoms with Crippen LogP contribution in [0.1, 0.15) is 130 Å². The number of fused-ring (bicyclic) bond motifs is 3. The molecule has 1 saturated carbocycles. The Morgan fingerprint density at radius 2 is 1.09 bits per heavy atom. The minimum absolute atomic E-state index is 0.0854. The van der Waals surface area contributed by atoms with Crippen molar-refractivity contribution >= 4 is 11.0 Å². The quantitative estimate of drug-likeness (QED) is 0.181. The van der Waals surface area contributed by atoms with E-state index in [0.29, 0.717) is 0 Å². The van der Waals surface area contributed by atoms with Gasteiger partial charge in [0.15, 0.2) is 0 Å². The van der Waals surface area contributed by atoms with E-state index in [0.717, 1.165) is 67.2 Å². The Balaban J connectivity index is 1.30. The van der Waals surface area contributed by atoms with E-state index < -0.39 is 0 Å². The minimum Gasteiger partial charge on any atom is -0.507 e. The number of phenolic OH excluding ortho intramolecular Hbond substituents is 1. The summed E-state index contributed by atoms with van der Waals surface area (Å²) in [6.45, 7) is 25.2. The number of aromatic nitrogens is 3. The molecule has 2 aromatic heterocycles. The summed E-state index contributed by atoms with van der Waals surface area (Å²) >= 11 is 0. The van der Waals surface area contributed by atoms with E-state index in [1.165, 1.54) is 59.1 Å². The third-order valence-electron chi connectivity index (χ3n) is 15.2. The lowest BCUT2D eigenvalue weighted by Gasteiger charge is -2.52. The number of pyridine rings is 1. The van der Waals surface area contributed by atoms with Gasteiger partial charge in [0.2, 0.25) is 0 Å². The molecule has 0 atom stereocenters. The summed E-state index contributed by atoms with van der Waals surface area (Å²) in [7, 11) is 0. The van der Waals surface area contributed by atoms with Crippen LogP contribution in [0.15, 0.2) is 140 Å². The highest BCUT2D eigenvalue weighted by Crippen LogP contribution is 2.58. The number of rotatable bonds is 6. The van der Waals surface area contributed by atoms with Gasteiger partial charge in [0.1, 0.15) is 11.6 Å². The lowest BCUT2D eigenvalue weighted by Crippen LogP contribution is -2.44. The lowest BCUT2D eigenvalue weighted by atomic mass is 9.52. The molecule has 1 fully saturated rings. The van der Waals surface area contributed by atoms with Crippen LogP contribution in [0.4, 0.5) is 0 Å². The van der Waals surface area contributed by atoms with Crippen molar-refractivity contribution in [1.29, 1.82) is 0 Å². The molecule has 0 saturated heterocycles. The van der Waals surface area contributed by atoms with Crippen LogP contribution in [-0.2, 0) is 27.1 Å². The first kappa shape index (κ1) is 43.6. The topological polar surface area (TPSA) is 50.9 Å². The summed E-state index contributed by atoms with van der Waals surface area (Å²) in [5.41, 5.74) is 18.3. The fourth-order valence-corrected chi connectivity index (χ4v) is 10.8. The van der Waals surface area contributed by atoms with Gasteiger partial charge in [-0.25, -0.2) is 4.98 Å². The molecule has 6 aromatic carbocycles. The first-order chi connectivity index (χ1) is 31.2. The maximum Gasteiger partial charge on any atom is 0.149 e. The van der Waals surface area contributed by atoms with Crippen LogP contribution >= 0.6 is 0 Å². The van der Waals surface area contributed by atoms with Crippen molar-refractivity contribution < 1.29 is 5.11 Å². The van der Waals surface area contributed by atoms with Crippen molar-refractivity contribution in [1.82, 2.24) is 14.5 Å². The molecule has 2 bridgehead atoms. The molecule has 1 N–H and O–H groups in total. The molecule has 4 nitrogen and oxygen atoms in total. The molecule has 0 amide bonds. The fourth-order valence-electron chi connectivity index (χ4n) is 10.8. The van der Waals surface area contributed by atoms with Gasteiger partial charge in [0, 0.05) is 28.5 Å². The van der Waals surface area contributed by atoms with Crippen LogP contribution in [0.25, 0.3) is 72.7 Å². The van der Waals surface area contributed by atoms with E-state index in [1.54, 1.807) is 0 Å². The average molecular weight is 868 g/mol. The van der Waals surface area contributed by atoms with Crippen molar-refractivity contribution in [3.63, 3.8) is 0 Å². The first-order valence-corrected chi connectivity index (χ1v) is 24.0. The fraction of sp³-hybridized carbons (Fsp3) is 0.323. The Hall–Kier alpha value is -6.26. The molecular weight excluding hydrogens is 803 g/mol. The zero-order valence-electron chi connectivity index (χ0n) is 40.9. The summed E-state index contributed by atoms with van der Waals surface area (Å²) in [6.07, 6.45) is 6.70. The highest BCUT2D eigenvalue weighted by molar-refractivity contribution is 5.98. The molecule has 11 rings (SSSR count). The summed E-state index contributed by atoms with van der Waals surface area (Å²) in [5, 5.41) is 12.7. The molecule has 66 heavy (non-hydrogen) atoms. The van der Waals surface area contributed by atoms with Crippen molar-refractivity contribution in [2.45, 2.75) is 129 Å². The number of benzene rings is 6. The van der Waals surface area contributed by atoms with Crippen LogP contribution in [0.2, 0.25) is 0 Å². The van der Waals surface area contributed by atoms with Gasteiger partial charge in [-0.15, -0.1) is 0 Å². The van der Waals surface area contributed by atoms with Crippen molar-refractivity contribution in [3.05, 3.63) is 167 Å². The van der Waals surface area contributed by atoms with Crippen molar-refractivity contribution in [3.8, 4) is 67.5 Å². The number of imidazole rings is 1. The third kappa shape index (κ3) is 7.47. The van der Waals surface area contributed by atoms with Gasteiger partial charge in [0.25, 0.3) is 0 Å². The van der Waals surface area contributed by atoms with Crippen LogP contribution in [0.3, 0.4) is 0 Å². The van der Waals surface area contributed by atoms with Gasteiger partial charge in [0.05, 0.1) is 28.0 Å². The predicted molar refractivity (Wildman–Crippen MR) is 277 cm³/mol. The van der Waals surface area contributed by atoms with Crippen molar-refractivity contribution in [2.75, 3.05) is 0 Å². The van der Waals surface area contributed by atoms with Gasteiger partial charge in [-0.05, 0) is 146 Å². The van der Waals surface area contributed by atoms with Crippen LogP contribution in [0, 0.1) is 0 Å². The monoisotopic (exact) mass is 868 g/mol. The average Bonchev–Trinajstić information content (AvgIpc) is 3.68. The van der Waals surface area contributed by atoms with Gasteiger partial charge in [-0.2, -0.15) is 0 Å². The second kappa shape index (κ2) is 15.4. The summed E-state index contributed by atoms with van der Waals surface area (Å²) in [5.74, 6) is 1.03. The smallest absolute Gasteiger partial charge is 0.149 e.